The minimum Gasteiger partial charge on any atom is -0.456 e. The van der Waals surface area contributed by atoms with Crippen molar-refractivity contribution in [2.45, 2.75) is 0 Å². The van der Waals surface area contributed by atoms with Crippen LogP contribution in [0.25, 0.3) is 109 Å². The first-order valence-electron chi connectivity index (χ1n) is 17.6. The molecule has 0 fully saturated rings. The summed E-state index contributed by atoms with van der Waals surface area (Å²) in [6, 6.07) is 66.4. The predicted molar refractivity (Wildman–Crippen MR) is 218 cm³/mol. The van der Waals surface area contributed by atoms with Crippen molar-refractivity contribution >= 4 is 75.8 Å². The fraction of sp³-hybridized carbons (Fsp3) is 0. The lowest BCUT2D eigenvalue weighted by molar-refractivity contribution is 0.669. The molecule has 236 valence electrons. The van der Waals surface area contributed by atoms with Crippen molar-refractivity contribution in [3.63, 3.8) is 0 Å². The summed E-state index contributed by atoms with van der Waals surface area (Å²) >= 11 is 0. The molecule has 0 unspecified atom stereocenters. The molecule has 1 aromatic heterocycles. The van der Waals surface area contributed by atoms with Crippen LogP contribution in [-0.2, 0) is 0 Å². The molecule has 0 N–H and O–H groups in total. The van der Waals surface area contributed by atoms with Crippen LogP contribution in [0.4, 0.5) is 0 Å². The molecule has 0 aliphatic rings. The number of fused-ring (bicyclic) bond motifs is 10. The molecule has 0 amide bonds. The summed E-state index contributed by atoms with van der Waals surface area (Å²) < 4.78 is 6.33. The first-order chi connectivity index (χ1) is 25.2. The zero-order chi connectivity index (χ0) is 33.5. The third-order valence-electron chi connectivity index (χ3n) is 10.8. The van der Waals surface area contributed by atoms with Gasteiger partial charge in [-0.3, -0.25) is 0 Å². The van der Waals surface area contributed by atoms with Gasteiger partial charge in [0.2, 0.25) is 0 Å². The van der Waals surface area contributed by atoms with Crippen LogP contribution in [0.1, 0.15) is 0 Å². The highest BCUT2D eigenvalue weighted by Crippen LogP contribution is 2.40. The summed E-state index contributed by atoms with van der Waals surface area (Å²) in [6.45, 7) is 0. The van der Waals surface area contributed by atoms with E-state index < -0.39 is 0 Å². The van der Waals surface area contributed by atoms with Gasteiger partial charge in [0.1, 0.15) is 11.2 Å². The molecule has 1 heteroatoms. The van der Waals surface area contributed by atoms with Crippen LogP contribution in [0.2, 0.25) is 0 Å². The molecule has 0 spiro atoms. The summed E-state index contributed by atoms with van der Waals surface area (Å²) in [4.78, 5) is 0. The third kappa shape index (κ3) is 4.42. The Morgan fingerprint density at radius 1 is 0.235 bits per heavy atom. The number of hydrogen-bond donors (Lipinski definition) is 0. The van der Waals surface area contributed by atoms with Crippen molar-refractivity contribution in [1.29, 1.82) is 0 Å². The largest absolute Gasteiger partial charge is 0.456 e. The Hall–Kier alpha value is -6.70. The lowest BCUT2D eigenvalue weighted by Gasteiger charge is -2.14. The summed E-state index contributed by atoms with van der Waals surface area (Å²) in [7, 11) is 0. The number of benzene rings is 10. The van der Waals surface area contributed by atoms with E-state index in [-0.39, 0.29) is 0 Å². The second-order valence-electron chi connectivity index (χ2n) is 13.7. The molecule has 0 saturated carbocycles. The SMILES string of the molecule is c1ccc2c(-c3ccc4oc5ccc(-c6ccc7cc(-c8cc9c%10ccccc%10ccc9c9ccccc89)ccc7c6)cc5c4c3)cccc2c1. The molecular formula is C50H30O. The van der Waals surface area contributed by atoms with E-state index in [0.29, 0.717) is 0 Å². The van der Waals surface area contributed by atoms with Gasteiger partial charge in [-0.05, 0) is 130 Å². The molecule has 0 saturated heterocycles. The maximum absolute atomic E-state index is 6.33. The normalized spacial score (nSPS) is 11.9. The van der Waals surface area contributed by atoms with Gasteiger partial charge in [-0.15, -0.1) is 0 Å². The van der Waals surface area contributed by atoms with Crippen LogP contribution < -0.4 is 0 Å². The summed E-state index contributed by atoms with van der Waals surface area (Å²) in [5.74, 6) is 0. The highest BCUT2D eigenvalue weighted by atomic mass is 16.3. The van der Waals surface area contributed by atoms with Crippen molar-refractivity contribution in [2.75, 3.05) is 0 Å². The first-order valence-corrected chi connectivity index (χ1v) is 17.6. The van der Waals surface area contributed by atoms with Gasteiger partial charge in [0.15, 0.2) is 0 Å². The minimum atomic E-state index is 0.907. The van der Waals surface area contributed by atoms with Crippen LogP contribution in [-0.4, -0.2) is 0 Å². The van der Waals surface area contributed by atoms with Gasteiger partial charge in [-0.2, -0.15) is 0 Å². The van der Waals surface area contributed by atoms with Crippen molar-refractivity contribution in [3.8, 4) is 33.4 Å². The molecule has 10 aromatic carbocycles. The number of hydrogen-bond acceptors (Lipinski definition) is 1. The fourth-order valence-electron chi connectivity index (χ4n) is 8.29. The van der Waals surface area contributed by atoms with Crippen LogP contribution in [0.15, 0.2) is 186 Å². The van der Waals surface area contributed by atoms with E-state index in [1.165, 1.54) is 87.2 Å². The number of furan rings is 1. The molecular weight excluding hydrogens is 617 g/mol. The van der Waals surface area contributed by atoms with Crippen LogP contribution in [0, 0.1) is 0 Å². The molecule has 0 atom stereocenters. The van der Waals surface area contributed by atoms with Gasteiger partial charge in [0.05, 0.1) is 0 Å². The smallest absolute Gasteiger partial charge is 0.135 e. The summed E-state index contributed by atoms with van der Waals surface area (Å²) in [6.07, 6.45) is 0. The molecule has 0 bridgehead atoms. The van der Waals surface area contributed by atoms with Gasteiger partial charge in [0.25, 0.3) is 0 Å². The average Bonchev–Trinajstić information content (AvgIpc) is 3.57. The lowest BCUT2D eigenvalue weighted by Crippen LogP contribution is -1.87. The Balaban J connectivity index is 1.01. The van der Waals surface area contributed by atoms with Crippen molar-refractivity contribution in [3.05, 3.63) is 182 Å². The van der Waals surface area contributed by atoms with E-state index in [2.05, 4.69) is 182 Å². The van der Waals surface area contributed by atoms with Crippen molar-refractivity contribution in [1.82, 2.24) is 0 Å². The Morgan fingerprint density at radius 2 is 0.745 bits per heavy atom. The van der Waals surface area contributed by atoms with E-state index in [1.807, 2.05) is 0 Å². The van der Waals surface area contributed by atoms with E-state index >= 15 is 0 Å². The van der Waals surface area contributed by atoms with Gasteiger partial charge >= 0.3 is 0 Å². The molecule has 51 heavy (non-hydrogen) atoms. The standard InChI is InChI=1S/C50H30O/c1-3-11-39-31(8-1)10-7-15-41(39)38-22-25-50-48(29-38)47-28-36(21-24-49(47)51-50)34-16-17-35-27-37(19-18-33(35)26-34)45-30-46-40-12-4-2-9-32(40)20-23-44(46)42-13-5-6-14-43(42)45/h1-30H. The Morgan fingerprint density at radius 3 is 1.55 bits per heavy atom. The Kier molecular flexibility index (Phi) is 6.02. The predicted octanol–water partition coefficient (Wildman–Crippen LogP) is 14.4. The van der Waals surface area contributed by atoms with Crippen molar-refractivity contribution < 1.29 is 4.42 Å². The second-order valence-corrected chi connectivity index (χ2v) is 13.7. The molecule has 0 radical (unpaired) electrons. The van der Waals surface area contributed by atoms with E-state index in [4.69, 9.17) is 4.42 Å². The molecule has 11 aromatic rings. The maximum atomic E-state index is 6.33. The fourth-order valence-corrected chi connectivity index (χ4v) is 8.29. The zero-order valence-electron chi connectivity index (χ0n) is 27.7. The molecule has 0 aliphatic carbocycles. The Labute approximate surface area is 294 Å². The quantitative estimate of drug-likeness (QED) is 0.174. The van der Waals surface area contributed by atoms with E-state index in [0.717, 1.165) is 21.9 Å². The van der Waals surface area contributed by atoms with Gasteiger partial charge in [-0.25, -0.2) is 0 Å². The molecule has 1 nitrogen and oxygen atoms in total. The second kappa shape index (κ2) is 10.9. The monoisotopic (exact) mass is 646 g/mol. The first kappa shape index (κ1) is 28.2. The number of rotatable bonds is 3. The minimum absolute atomic E-state index is 0.907. The van der Waals surface area contributed by atoms with Crippen LogP contribution in [0.5, 0.6) is 0 Å². The Bertz CT molecular complexity index is 3190. The molecule has 11 rings (SSSR count). The average molecular weight is 647 g/mol. The van der Waals surface area contributed by atoms with E-state index in [9.17, 15) is 0 Å². The van der Waals surface area contributed by atoms with Crippen LogP contribution in [0.3, 0.4) is 0 Å². The van der Waals surface area contributed by atoms with Crippen LogP contribution >= 0.6 is 0 Å². The molecule has 0 aliphatic heterocycles. The van der Waals surface area contributed by atoms with Crippen molar-refractivity contribution in [2.24, 2.45) is 0 Å². The van der Waals surface area contributed by atoms with Gasteiger partial charge in [-0.1, -0.05) is 140 Å². The molecule has 1 heterocycles. The van der Waals surface area contributed by atoms with E-state index in [1.54, 1.807) is 0 Å². The highest BCUT2D eigenvalue weighted by molar-refractivity contribution is 6.21. The maximum Gasteiger partial charge on any atom is 0.135 e. The third-order valence-corrected chi connectivity index (χ3v) is 10.8. The van der Waals surface area contributed by atoms with Gasteiger partial charge in [0, 0.05) is 10.8 Å². The highest BCUT2D eigenvalue weighted by Gasteiger charge is 2.14. The topological polar surface area (TPSA) is 13.1 Å². The lowest BCUT2D eigenvalue weighted by atomic mass is 9.90. The zero-order valence-corrected chi connectivity index (χ0v) is 27.7. The summed E-state index contributed by atoms with van der Waals surface area (Å²) in [5, 5.41) is 15.0. The van der Waals surface area contributed by atoms with Gasteiger partial charge < -0.3 is 4.42 Å². The summed E-state index contributed by atoms with van der Waals surface area (Å²) in [5.41, 5.74) is 9.12.